The molecule has 3 heterocycles. The van der Waals surface area contributed by atoms with Crippen LogP contribution >= 0.6 is 0 Å². The first-order chi connectivity index (χ1) is 10.6. The molecule has 0 N–H and O–H groups in total. The summed E-state index contributed by atoms with van der Waals surface area (Å²) in [7, 11) is 1.88. The van der Waals surface area contributed by atoms with Crippen molar-refractivity contribution in [2.75, 3.05) is 13.1 Å². The van der Waals surface area contributed by atoms with E-state index >= 15 is 0 Å². The minimum atomic E-state index is 0.146. The Labute approximate surface area is 128 Å². The van der Waals surface area contributed by atoms with Crippen LogP contribution in [-0.2, 0) is 18.3 Å². The first kappa shape index (κ1) is 14.7. The second-order valence-corrected chi connectivity index (χ2v) is 5.71. The molecule has 1 aliphatic heterocycles. The van der Waals surface area contributed by atoms with Crippen molar-refractivity contribution in [3.8, 4) is 0 Å². The smallest absolute Gasteiger partial charge is 0.223 e. The van der Waals surface area contributed by atoms with Crippen LogP contribution in [0.3, 0.4) is 0 Å². The number of piperidine rings is 1. The van der Waals surface area contributed by atoms with Crippen molar-refractivity contribution in [1.82, 2.24) is 29.8 Å². The van der Waals surface area contributed by atoms with Crippen LogP contribution in [0.15, 0.2) is 10.9 Å². The third kappa shape index (κ3) is 3.15. The number of amides is 1. The van der Waals surface area contributed by atoms with E-state index in [-0.39, 0.29) is 11.8 Å². The van der Waals surface area contributed by atoms with Gasteiger partial charge in [0.2, 0.25) is 11.8 Å². The van der Waals surface area contributed by atoms with E-state index in [1.54, 1.807) is 13.3 Å². The van der Waals surface area contributed by atoms with Crippen LogP contribution < -0.4 is 0 Å². The van der Waals surface area contributed by atoms with Crippen molar-refractivity contribution in [1.29, 1.82) is 0 Å². The van der Waals surface area contributed by atoms with E-state index < -0.39 is 0 Å². The molecule has 3 rings (SSSR count). The molecule has 0 spiro atoms. The van der Waals surface area contributed by atoms with E-state index in [0.29, 0.717) is 31.1 Å². The summed E-state index contributed by atoms with van der Waals surface area (Å²) in [6.45, 7) is 3.24. The van der Waals surface area contributed by atoms with Crippen molar-refractivity contribution < 1.29 is 9.32 Å². The van der Waals surface area contributed by atoms with Crippen LogP contribution in [0.1, 0.15) is 42.7 Å². The highest BCUT2D eigenvalue weighted by atomic mass is 16.5. The molecule has 0 saturated carbocycles. The summed E-state index contributed by atoms with van der Waals surface area (Å²) in [6, 6.07) is 0. The molecule has 22 heavy (non-hydrogen) atoms. The van der Waals surface area contributed by atoms with E-state index in [1.165, 1.54) is 0 Å². The zero-order valence-electron chi connectivity index (χ0n) is 12.9. The maximum atomic E-state index is 12.4. The van der Waals surface area contributed by atoms with Crippen molar-refractivity contribution >= 4 is 5.91 Å². The highest BCUT2D eigenvalue weighted by Gasteiger charge is 2.27. The second kappa shape index (κ2) is 6.25. The summed E-state index contributed by atoms with van der Waals surface area (Å²) in [5.74, 6) is 2.43. The van der Waals surface area contributed by atoms with Gasteiger partial charge in [0, 0.05) is 45.8 Å². The van der Waals surface area contributed by atoms with E-state index in [2.05, 4.69) is 20.3 Å². The van der Waals surface area contributed by atoms with Gasteiger partial charge in [0.1, 0.15) is 12.2 Å². The Morgan fingerprint density at radius 2 is 2.36 bits per heavy atom. The standard InChI is InChI=1S/C14H20N6O2/c1-10-16-14(18-22-10)11-4-3-7-20(8-11)13(21)6-5-12-17-15-9-19(12)2/h9,11H,3-8H2,1-2H3/t11-/m0/s1. The van der Waals surface area contributed by atoms with Crippen LogP contribution in [0.4, 0.5) is 0 Å². The third-order valence-corrected chi connectivity index (χ3v) is 4.05. The molecule has 2 aromatic heterocycles. The fourth-order valence-electron chi connectivity index (χ4n) is 2.81. The maximum Gasteiger partial charge on any atom is 0.223 e. The molecule has 0 bridgehead atoms. The molecule has 1 amide bonds. The lowest BCUT2D eigenvalue weighted by atomic mass is 9.97. The Kier molecular flexibility index (Phi) is 4.17. The Morgan fingerprint density at radius 3 is 3.05 bits per heavy atom. The molecular weight excluding hydrogens is 284 g/mol. The second-order valence-electron chi connectivity index (χ2n) is 5.71. The van der Waals surface area contributed by atoms with E-state index in [1.807, 2.05) is 16.5 Å². The quantitative estimate of drug-likeness (QED) is 0.831. The Morgan fingerprint density at radius 1 is 1.50 bits per heavy atom. The lowest BCUT2D eigenvalue weighted by Crippen LogP contribution is -2.39. The maximum absolute atomic E-state index is 12.4. The number of carbonyl (C=O) groups is 1. The molecule has 2 aromatic rings. The molecule has 8 nitrogen and oxygen atoms in total. The largest absolute Gasteiger partial charge is 0.342 e. The van der Waals surface area contributed by atoms with Gasteiger partial charge < -0.3 is 14.0 Å². The summed E-state index contributed by atoms with van der Waals surface area (Å²) in [5.41, 5.74) is 0. The molecule has 118 valence electrons. The van der Waals surface area contributed by atoms with Gasteiger partial charge in [-0.05, 0) is 12.8 Å². The average Bonchev–Trinajstić information content (AvgIpc) is 3.13. The average molecular weight is 304 g/mol. The minimum absolute atomic E-state index is 0.146. The number of likely N-dealkylation sites (tertiary alicyclic amines) is 1. The van der Waals surface area contributed by atoms with Gasteiger partial charge in [-0.15, -0.1) is 10.2 Å². The molecule has 1 aliphatic rings. The predicted molar refractivity (Wildman–Crippen MR) is 76.9 cm³/mol. The van der Waals surface area contributed by atoms with Gasteiger partial charge in [-0.2, -0.15) is 4.98 Å². The fourth-order valence-corrected chi connectivity index (χ4v) is 2.81. The normalized spacial score (nSPS) is 18.6. The van der Waals surface area contributed by atoms with Gasteiger partial charge in [0.25, 0.3) is 0 Å². The van der Waals surface area contributed by atoms with Crippen LogP contribution in [-0.4, -0.2) is 48.8 Å². The first-order valence-electron chi connectivity index (χ1n) is 7.54. The highest BCUT2D eigenvalue weighted by molar-refractivity contribution is 5.76. The number of carbonyl (C=O) groups excluding carboxylic acids is 1. The lowest BCUT2D eigenvalue weighted by Gasteiger charge is -2.31. The molecule has 0 aromatic carbocycles. The molecule has 0 radical (unpaired) electrons. The van der Waals surface area contributed by atoms with Gasteiger partial charge in [-0.1, -0.05) is 5.16 Å². The summed E-state index contributed by atoms with van der Waals surface area (Å²) in [5, 5.41) is 11.8. The summed E-state index contributed by atoms with van der Waals surface area (Å²) < 4.78 is 6.88. The van der Waals surface area contributed by atoms with E-state index in [4.69, 9.17) is 4.52 Å². The predicted octanol–water partition coefficient (Wildman–Crippen LogP) is 0.845. The molecule has 1 saturated heterocycles. The number of aryl methyl sites for hydroxylation is 3. The van der Waals surface area contributed by atoms with E-state index in [0.717, 1.165) is 25.2 Å². The van der Waals surface area contributed by atoms with Crippen LogP contribution in [0, 0.1) is 6.92 Å². The van der Waals surface area contributed by atoms with Crippen molar-refractivity contribution in [2.45, 2.75) is 38.5 Å². The molecule has 1 fully saturated rings. The minimum Gasteiger partial charge on any atom is -0.342 e. The Hall–Kier alpha value is -2.25. The van der Waals surface area contributed by atoms with Gasteiger partial charge in [-0.3, -0.25) is 4.79 Å². The van der Waals surface area contributed by atoms with E-state index in [9.17, 15) is 4.79 Å². The zero-order chi connectivity index (χ0) is 15.5. The van der Waals surface area contributed by atoms with Crippen LogP contribution in [0.25, 0.3) is 0 Å². The van der Waals surface area contributed by atoms with Gasteiger partial charge >= 0.3 is 0 Å². The molecule has 0 unspecified atom stereocenters. The lowest BCUT2D eigenvalue weighted by molar-refractivity contribution is -0.132. The third-order valence-electron chi connectivity index (χ3n) is 4.05. The molecule has 0 aliphatic carbocycles. The SMILES string of the molecule is Cc1nc([C@H]2CCCN(C(=O)CCc3nncn3C)C2)no1. The summed E-state index contributed by atoms with van der Waals surface area (Å²) >= 11 is 0. The molecule has 1 atom stereocenters. The van der Waals surface area contributed by atoms with Crippen LogP contribution in [0.5, 0.6) is 0 Å². The number of hydrogen-bond donors (Lipinski definition) is 0. The summed E-state index contributed by atoms with van der Waals surface area (Å²) in [6.07, 6.45) is 4.66. The monoisotopic (exact) mass is 304 g/mol. The summed E-state index contributed by atoms with van der Waals surface area (Å²) in [4.78, 5) is 18.6. The van der Waals surface area contributed by atoms with Gasteiger partial charge in [0.15, 0.2) is 5.82 Å². The van der Waals surface area contributed by atoms with Crippen molar-refractivity contribution in [3.05, 3.63) is 23.9 Å². The van der Waals surface area contributed by atoms with Crippen molar-refractivity contribution in [3.63, 3.8) is 0 Å². The molecular formula is C14H20N6O2. The number of aromatic nitrogens is 5. The van der Waals surface area contributed by atoms with Crippen molar-refractivity contribution in [2.24, 2.45) is 7.05 Å². The zero-order valence-corrected chi connectivity index (χ0v) is 12.9. The topological polar surface area (TPSA) is 89.9 Å². The Balaban J connectivity index is 1.57. The number of nitrogens with zero attached hydrogens (tertiary/aromatic N) is 6. The Bertz CT molecular complexity index is 649. The highest BCUT2D eigenvalue weighted by Crippen LogP contribution is 2.25. The first-order valence-corrected chi connectivity index (χ1v) is 7.54. The molecule has 8 heteroatoms. The fraction of sp³-hybridized carbons (Fsp3) is 0.643. The van der Waals surface area contributed by atoms with Crippen LogP contribution in [0.2, 0.25) is 0 Å². The van der Waals surface area contributed by atoms with Gasteiger partial charge in [0.05, 0.1) is 0 Å². The van der Waals surface area contributed by atoms with Gasteiger partial charge in [-0.25, -0.2) is 0 Å². The number of hydrogen-bond acceptors (Lipinski definition) is 6. The number of rotatable bonds is 4.